The van der Waals surface area contributed by atoms with Crippen molar-refractivity contribution in [2.45, 2.75) is 24.7 Å². The summed E-state index contributed by atoms with van der Waals surface area (Å²) in [5, 5.41) is 0. The van der Waals surface area contributed by atoms with Gasteiger partial charge in [0.2, 0.25) is 10.0 Å². The Balaban J connectivity index is 2.01. The van der Waals surface area contributed by atoms with Gasteiger partial charge in [-0.2, -0.15) is 0 Å². The van der Waals surface area contributed by atoms with Crippen LogP contribution in [0.1, 0.15) is 18.4 Å². The quantitative estimate of drug-likeness (QED) is 0.789. The SMILES string of the molecule is Cc1cccc(N)c1S(=O)(=O)NCCN1CCCC1. The van der Waals surface area contributed by atoms with Crippen LogP contribution in [0.5, 0.6) is 0 Å². The second kappa shape index (κ2) is 5.90. The molecule has 0 unspecified atom stereocenters. The Kier molecular flexibility index (Phi) is 4.44. The lowest BCUT2D eigenvalue weighted by molar-refractivity contribution is 0.344. The van der Waals surface area contributed by atoms with Crippen molar-refractivity contribution in [3.05, 3.63) is 23.8 Å². The number of hydrogen-bond acceptors (Lipinski definition) is 4. The lowest BCUT2D eigenvalue weighted by atomic mass is 10.2. The number of nitrogens with two attached hydrogens (primary N) is 1. The monoisotopic (exact) mass is 283 g/mol. The molecule has 2 rings (SSSR count). The van der Waals surface area contributed by atoms with E-state index in [2.05, 4.69) is 9.62 Å². The predicted octanol–water partition coefficient (Wildman–Crippen LogP) is 0.951. The van der Waals surface area contributed by atoms with Gasteiger partial charge < -0.3 is 10.6 Å². The molecule has 1 aliphatic heterocycles. The molecule has 1 heterocycles. The minimum Gasteiger partial charge on any atom is -0.398 e. The van der Waals surface area contributed by atoms with E-state index in [0.717, 1.165) is 19.6 Å². The van der Waals surface area contributed by atoms with Crippen molar-refractivity contribution >= 4 is 15.7 Å². The van der Waals surface area contributed by atoms with Gasteiger partial charge in [-0.1, -0.05) is 12.1 Å². The third kappa shape index (κ3) is 3.46. The summed E-state index contributed by atoms with van der Waals surface area (Å²) in [5.41, 5.74) is 6.75. The van der Waals surface area contributed by atoms with Crippen molar-refractivity contribution in [3.63, 3.8) is 0 Å². The largest absolute Gasteiger partial charge is 0.398 e. The molecule has 0 amide bonds. The van der Waals surface area contributed by atoms with Gasteiger partial charge in [0.1, 0.15) is 4.90 Å². The number of anilines is 1. The lowest BCUT2D eigenvalue weighted by Crippen LogP contribution is -2.34. The molecule has 0 atom stereocenters. The van der Waals surface area contributed by atoms with Gasteiger partial charge in [0.05, 0.1) is 5.69 Å². The first-order valence-electron chi connectivity index (χ1n) is 6.58. The second-order valence-corrected chi connectivity index (χ2v) is 6.64. The van der Waals surface area contributed by atoms with E-state index in [1.165, 1.54) is 12.8 Å². The Bertz CT molecular complexity index is 517. The lowest BCUT2D eigenvalue weighted by Gasteiger charge is -2.16. The molecule has 19 heavy (non-hydrogen) atoms. The highest BCUT2D eigenvalue weighted by Crippen LogP contribution is 2.21. The fourth-order valence-electron chi connectivity index (χ4n) is 2.46. The van der Waals surface area contributed by atoms with Crippen LogP contribution in [0, 0.1) is 6.92 Å². The predicted molar refractivity (Wildman–Crippen MR) is 76.5 cm³/mol. The Hall–Kier alpha value is -1.11. The number of hydrogen-bond donors (Lipinski definition) is 2. The number of nitrogens with zero attached hydrogens (tertiary/aromatic N) is 1. The molecule has 5 nitrogen and oxygen atoms in total. The summed E-state index contributed by atoms with van der Waals surface area (Å²) >= 11 is 0. The third-order valence-corrected chi connectivity index (χ3v) is 5.11. The van der Waals surface area contributed by atoms with Gasteiger partial charge in [-0.05, 0) is 44.5 Å². The number of nitrogen functional groups attached to an aromatic ring is 1. The number of rotatable bonds is 5. The van der Waals surface area contributed by atoms with Crippen LogP contribution in [0.4, 0.5) is 5.69 Å². The Morgan fingerprint density at radius 1 is 1.32 bits per heavy atom. The number of sulfonamides is 1. The van der Waals surface area contributed by atoms with Crippen molar-refractivity contribution in [1.29, 1.82) is 0 Å². The first-order valence-corrected chi connectivity index (χ1v) is 8.06. The summed E-state index contributed by atoms with van der Waals surface area (Å²) in [4.78, 5) is 2.47. The third-order valence-electron chi connectivity index (χ3n) is 3.43. The smallest absolute Gasteiger partial charge is 0.242 e. The van der Waals surface area contributed by atoms with Crippen molar-refractivity contribution in [2.24, 2.45) is 0 Å². The molecule has 6 heteroatoms. The standard InChI is InChI=1S/C13H21N3O2S/c1-11-5-4-6-12(14)13(11)19(17,18)15-7-10-16-8-2-3-9-16/h4-6,15H,2-3,7-10,14H2,1H3. The highest BCUT2D eigenvalue weighted by atomic mass is 32.2. The number of aryl methyl sites for hydroxylation is 1. The van der Waals surface area contributed by atoms with Crippen molar-refractivity contribution < 1.29 is 8.42 Å². The average molecular weight is 283 g/mol. The summed E-state index contributed by atoms with van der Waals surface area (Å²) < 4.78 is 27.1. The van der Waals surface area contributed by atoms with Crippen LogP contribution in [0.2, 0.25) is 0 Å². The first kappa shape index (κ1) is 14.3. The van der Waals surface area contributed by atoms with Gasteiger partial charge in [0.25, 0.3) is 0 Å². The summed E-state index contributed by atoms with van der Waals surface area (Å²) in [6.45, 7) is 5.06. The Labute approximate surface area is 114 Å². The highest BCUT2D eigenvalue weighted by molar-refractivity contribution is 7.89. The fraction of sp³-hybridized carbons (Fsp3) is 0.538. The number of nitrogens with one attached hydrogen (secondary N) is 1. The minimum atomic E-state index is -3.51. The Morgan fingerprint density at radius 3 is 2.63 bits per heavy atom. The molecule has 0 bridgehead atoms. The van der Waals surface area contributed by atoms with Crippen molar-refractivity contribution in [1.82, 2.24) is 9.62 Å². The number of likely N-dealkylation sites (tertiary alicyclic amines) is 1. The van der Waals surface area contributed by atoms with Crippen LogP contribution in [0.25, 0.3) is 0 Å². The Morgan fingerprint density at radius 2 is 2.00 bits per heavy atom. The molecule has 1 saturated heterocycles. The zero-order valence-electron chi connectivity index (χ0n) is 11.2. The molecular weight excluding hydrogens is 262 g/mol. The molecular formula is C13H21N3O2S. The van der Waals surface area contributed by atoms with Crippen LogP contribution in [-0.2, 0) is 10.0 Å². The molecule has 0 saturated carbocycles. The van der Waals surface area contributed by atoms with E-state index in [1.807, 2.05) is 0 Å². The van der Waals surface area contributed by atoms with Crippen LogP contribution >= 0.6 is 0 Å². The average Bonchev–Trinajstić information content (AvgIpc) is 2.81. The molecule has 0 aromatic heterocycles. The van der Waals surface area contributed by atoms with E-state index in [-0.39, 0.29) is 4.90 Å². The molecule has 0 radical (unpaired) electrons. The van der Waals surface area contributed by atoms with Gasteiger partial charge in [-0.3, -0.25) is 0 Å². The topological polar surface area (TPSA) is 75.4 Å². The number of benzene rings is 1. The van der Waals surface area contributed by atoms with Gasteiger partial charge in [0.15, 0.2) is 0 Å². The van der Waals surface area contributed by atoms with Gasteiger partial charge >= 0.3 is 0 Å². The minimum absolute atomic E-state index is 0.205. The van der Waals surface area contributed by atoms with Crippen LogP contribution < -0.4 is 10.5 Å². The summed E-state index contributed by atoms with van der Waals surface area (Å²) in [6.07, 6.45) is 2.41. The first-order chi connectivity index (χ1) is 9.00. The molecule has 1 aliphatic rings. The van der Waals surface area contributed by atoms with E-state index in [0.29, 0.717) is 17.8 Å². The molecule has 1 aromatic carbocycles. The van der Waals surface area contributed by atoms with E-state index in [1.54, 1.807) is 25.1 Å². The molecule has 0 spiro atoms. The molecule has 3 N–H and O–H groups in total. The normalized spacial score (nSPS) is 16.9. The van der Waals surface area contributed by atoms with Crippen LogP contribution in [0.15, 0.2) is 23.1 Å². The van der Waals surface area contributed by atoms with Gasteiger partial charge in [-0.15, -0.1) is 0 Å². The van der Waals surface area contributed by atoms with Crippen LogP contribution in [-0.4, -0.2) is 39.5 Å². The van der Waals surface area contributed by atoms with Gasteiger partial charge in [-0.25, -0.2) is 13.1 Å². The molecule has 1 fully saturated rings. The van der Waals surface area contributed by atoms with Gasteiger partial charge in [0, 0.05) is 13.1 Å². The zero-order chi connectivity index (χ0) is 13.9. The van der Waals surface area contributed by atoms with Crippen molar-refractivity contribution in [2.75, 3.05) is 31.9 Å². The highest BCUT2D eigenvalue weighted by Gasteiger charge is 2.20. The van der Waals surface area contributed by atoms with E-state index >= 15 is 0 Å². The van der Waals surface area contributed by atoms with E-state index in [9.17, 15) is 8.42 Å². The van der Waals surface area contributed by atoms with Crippen molar-refractivity contribution in [3.8, 4) is 0 Å². The fourth-order valence-corrected chi connectivity index (χ4v) is 3.83. The summed E-state index contributed by atoms with van der Waals surface area (Å²) in [7, 11) is -3.51. The molecule has 1 aromatic rings. The summed E-state index contributed by atoms with van der Waals surface area (Å²) in [5.74, 6) is 0. The zero-order valence-corrected chi connectivity index (χ0v) is 12.0. The van der Waals surface area contributed by atoms with Crippen LogP contribution in [0.3, 0.4) is 0 Å². The maximum absolute atomic E-state index is 12.2. The molecule has 0 aliphatic carbocycles. The summed E-state index contributed by atoms with van der Waals surface area (Å²) in [6, 6.07) is 5.13. The second-order valence-electron chi connectivity index (χ2n) is 4.94. The maximum Gasteiger partial charge on any atom is 0.242 e. The molecule has 106 valence electrons. The van der Waals surface area contributed by atoms with E-state index < -0.39 is 10.0 Å². The van der Waals surface area contributed by atoms with E-state index in [4.69, 9.17) is 5.73 Å². The maximum atomic E-state index is 12.2.